The van der Waals surface area contributed by atoms with Crippen molar-refractivity contribution in [2.45, 2.75) is 19.3 Å². The maximum Gasteiger partial charge on any atom is 0.140 e. The molecule has 1 aliphatic carbocycles. The van der Waals surface area contributed by atoms with E-state index in [-0.39, 0.29) is 0 Å². The maximum atomic E-state index is 11.4. The number of Topliss-reactive ketones (excluding diaryl/α,β-unsaturated/α-hetero) is 1. The highest BCUT2D eigenvalue weighted by Crippen LogP contribution is 2.31. The van der Waals surface area contributed by atoms with E-state index in [1.54, 1.807) is 18.5 Å². The average molecular weight is 176 g/mol. The topological polar surface area (TPSA) is 56.0 Å². The van der Waals surface area contributed by atoms with Gasteiger partial charge in [0.2, 0.25) is 0 Å². The van der Waals surface area contributed by atoms with E-state index in [1.165, 1.54) is 0 Å². The van der Waals surface area contributed by atoms with Gasteiger partial charge in [-0.2, -0.15) is 0 Å². The molecular formula is C10H12N2O. The minimum atomic E-state index is 0.305. The van der Waals surface area contributed by atoms with E-state index in [0.717, 1.165) is 18.4 Å². The highest BCUT2D eigenvalue weighted by Gasteiger charge is 2.29. The van der Waals surface area contributed by atoms with Crippen LogP contribution >= 0.6 is 0 Å². The Morgan fingerprint density at radius 1 is 1.62 bits per heavy atom. The summed E-state index contributed by atoms with van der Waals surface area (Å²) in [6.45, 7) is 0. The van der Waals surface area contributed by atoms with Crippen molar-refractivity contribution >= 4 is 11.5 Å². The second kappa shape index (κ2) is 3.17. The lowest BCUT2D eigenvalue weighted by molar-refractivity contribution is -0.119. The molecule has 0 amide bonds. The largest absolute Gasteiger partial charge is 0.398 e. The van der Waals surface area contributed by atoms with E-state index >= 15 is 0 Å². The number of nitrogens with two attached hydrogens (primary N) is 1. The molecule has 0 unspecified atom stereocenters. The van der Waals surface area contributed by atoms with Crippen LogP contribution in [-0.2, 0) is 11.2 Å². The van der Waals surface area contributed by atoms with Crippen LogP contribution in [0.15, 0.2) is 18.5 Å². The summed E-state index contributed by atoms with van der Waals surface area (Å²) < 4.78 is 0. The van der Waals surface area contributed by atoms with Crippen molar-refractivity contribution in [3.05, 3.63) is 24.0 Å². The van der Waals surface area contributed by atoms with Crippen molar-refractivity contribution in [1.82, 2.24) is 4.98 Å². The predicted molar refractivity (Wildman–Crippen MR) is 50.1 cm³/mol. The fraction of sp³-hybridized carbons (Fsp3) is 0.400. The fourth-order valence-corrected chi connectivity index (χ4v) is 1.32. The Balaban J connectivity index is 2.08. The van der Waals surface area contributed by atoms with Crippen LogP contribution in [0.4, 0.5) is 5.69 Å². The third-order valence-electron chi connectivity index (χ3n) is 2.34. The molecule has 1 aliphatic rings. The molecule has 1 aromatic heterocycles. The van der Waals surface area contributed by atoms with Crippen LogP contribution in [0, 0.1) is 5.92 Å². The van der Waals surface area contributed by atoms with Crippen LogP contribution in [0.1, 0.15) is 18.4 Å². The fourth-order valence-electron chi connectivity index (χ4n) is 1.32. The quantitative estimate of drug-likeness (QED) is 0.752. The molecule has 3 heteroatoms. The van der Waals surface area contributed by atoms with Crippen LogP contribution in [0.5, 0.6) is 0 Å². The molecule has 0 aliphatic heterocycles. The van der Waals surface area contributed by atoms with Crippen molar-refractivity contribution in [3.8, 4) is 0 Å². The number of pyridine rings is 1. The van der Waals surface area contributed by atoms with Gasteiger partial charge in [0.15, 0.2) is 0 Å². The SMILES string of the molecule is Nc1ccncc1CC(=O)C1CC1. The Hall–Kier alpha value is -1.38. The van der Waals surface area contributed by atoms with Gasteiger partial charge in [0.05, 0.1) is 0 Å². The number of nitrogen functional groups attached to an aromatic ring is 1. The van der Waals surface area contributed by atoms with Gasteiger partial charge in [0.25, 0.3) is 0 Å². The monoisotopic (exact) mass is 176 g/mol. The van der Waals surface area contributed by atoms with E-state index < -0.39 is 0 Å². The van der Waals surface area contributed by atoms with Crippen molar-refractivity contribution in [2.75, 3.05) is 5.73 Å². The molecule has 0 bridgehead atoms. The van der Waals surface area contributed by atoms with E-state index in [1.807, 2.05) is 0 Å². The molecule has 68 valence electrons. The first-order chi connectivity index (χ1) is 6.27. The smallest absolute Gasteiger partial charge is 0.140 e. The molecule has 13 heavy (non-hydrogen) atoms. The molecule has 0 saturated heterocycles. The maximum absolute atomic E-state index is 11.4. The summed E-state index contributed by atoms with van der Waals surface area (Å²) in [5.41, 5.74) is 7.23. The van der Waals surface area contributed by atoms with E-state index in [4.69, 9.17) is 5.73 Å². The van der Waals surface area contributed by atoms with Gasteiger partial charge in [0.1, 0.15) is 5.78 Å². The van der Waals surface area contributed by atoms with Gasteiger partial charge in [-0.25, -0.2) is 0 Å². The lowest BCUT2D eigenvalue weighted by atomic mass is 10.1. The Morgan fingerprint density at radius 2 is 2.38 bits per heavy atom. The molecule has 1 fully saturated rings. The summed E-state index contributed by atoms with van der Waals surface area (Å²) in [6, 6.07) is 1.73. The second-order valence-electron chi connectivity index (χ2n) is 3.49. The molecule has 1 aromatic rings. The van der Waals surface area contributed by atoms with Gasteiger partial charge in [-0.05, 0) is 18.9 Å². The number of aromatic nitrogens is 1. The summed E-state index contributed by atoms with van der Waals surface area (Å²) in [7, 11) is 0. The second-order valence-corrected chi connectivity index (χ2v) is 3.49. The molecule has 2 N–H and O–H groups in total. The Bertz CT molecular complexity index is 331. The van der Waals surface area contributed by atoms with Crippen LogP contribution in [0.2, 0.25) is 0 Å². The molecular weight excluding hydrogens is 164 g/mol. The standard InChI is InChI=1S/C10H12N2O/c11-9-3-4-12-6-8(9)5-10(13)7-1-2-7/h3-4,6-7H,1-2,5H2,(H2,11,12). The number of nitrogens with zero attached hydrogens (tertiary/aromatic N) is 1. The van der Waals surface area contributed by atoms with Crippen molar-refractivity contribution in [3.63, 3.8) is 0 Å². The Morgan fingerprint density at radius 3 is 3.00 bits per heavy atom. The molecule has 3 nitrogen and oxygen atoms in total. The molecule has 0 atom stereocenters. The zero-order valence-corrected chi connectivity index (χ0v) is 7.36. The third-order valence-corrected chi connectivity index (χ3v) is 2.34. The van der Waals surface area contributed by atoms with Crippen LogP contribution < -0.4 is 5.73 Å². The van der Waals surface area contributed by atoms with E-state index in [9.17, 15) is 4.79 Å². The molecule has 2 rings (SSSR count). The Labute approximate surface area is 77.0 Å². The molecule has 1 saturated carbocycles. The number of hydrogen-bond acceptors (Lipinski definition) is 3. The molecule has 0 radical (unpaired) electrons. The lowest BCUT2D eigenvalue weighted by Crippen LogP contribution is -2.07. The summed E-state index contributed by atoms with van der Waals surface area (Å²) >= 11 is 0. The highest BCUT2D eigenvalue weighted by atomic mass is 16.1. The first kappa shape index (κ1) is 8.23. The van der Waals surface area contributed by atoms with Gasteiger partial charge in [-0.1, -0.05) is 0 Å². The summed E-state index contributed by atoms with van der Waals surface area (Å²) in [6.07, 6.45) is 5.87. The van der Waals surface area contributed by atoms with Crippen molar-refractivity contribution in [1.29, 1.82) is 0 Å². The zero-order chi connectivity index (χ0) is 9.26. The van der Waals surface area contributed by atoms with E-state index in [2.05, 4.69) is 4.98 Å². The minimum absolute atomic E-state index is 0.305. The number of carbonyl (C=O) groups is 1. The van der Waals surface area contributed by atoms with Crippen LogP contribution in [0.25, 0.3) is 0 Å². The summed E-state index contributed by atoms with van der Waals surface area (Å²) in [5.74, 6) is 0.610. The van der Waals surface area contributed by atoms with Crippen LogP contribution in [0.3, 0.4) is 0 Å². The highest BCUT2D eigenvalue weighted by molar-refractivity contribution is 5.86. The van der Waals surface area contributed by atoms with E-state index in [0.29, 0.717) is 23.8 Å². The van der Waals surface area contributed by atoms with Gasteiger partial charge >= 0.3 is 0 Å². The number of rotatable bonds is 3. The Kier molecular flexibility index (Phi) is 2.00. The van der Waals surface area contributed by atoms with Gasteiger partial charge in [-0.15, -0.1) is 0 Å². The van der Waals surface area contributed by atoms with Crippen molar-refractivity contribution < 1.29 is 4.79 Å². The van der Waals surface area contributed by atoms with Crippen molar-refractivity contribution in [2.24, 2.45) is 5.92 Å². The van der Waals surface area contributed by atoms with Crippen LogP contribution in [-0.4, -0.2) is 10.8 Å². The van der Waals surface area contributed by atoms with Gasteiger partial charge in [0, 0.05) is 36.0 Å². The molecule has 0 spiro atoms. The molecule has 0 aromatic carbocycles. The number of hydrogen-bond donors (Lipinski definition) is 1. The van der Waals surface area contributed by atoms with Gasteiger partial charge < -0.3 is 5.73 Å². The number of anilines is 1. The number of ketones is 1. The van der Waals surface area contributed by atoms with Gasteiger partial charge in [-0.3, -0.25) is 9.78 Å². The molecule has 1 heterocycles. The lowest BCUT2D eigenvalue weighted by Gasteiger charge is -2.02. The first-order valence-corrected chi connectivity index (χ1v) is 4.48. The third kappa shape index (κ3) is 1.86. The summed E-state index contributed by atoms with van der Waals surface area (Å²) in [5, 5.41) is 0. The normalized spacial score (nSPS) is 15.7. The minimum Gasteiger partial charge on any atom is -0.398 e. The zero-order valence-electron chi connectivity index (χ0n) is 7.36. The predicted octanol–water partition coefficient (Wildman–Crippen LogP) is 1.19. The number of carbonyl (C=O) groups excluding carboxylic acids is 1. The summed E-state index contributed by atoms with van der Waals surface area (Å²) in [4.78, 5) is 15.4. The first-order valence-electron chi connectivity index (χ1n) is 4.48. The average Bonchev–Trinajstić information content (AvgIpc) is 2.91.